The Labute approximate surface area is 227 Å². The molecule has 11 heteroatoms. The molecule has 3 aromatic rings. The molecule has 1 aliphatic heterocycles. The van der Waals surface area contributed by atoms with Gasteiger partial charge >= 0.3 is 6.09 Å². The van der Waals surface area contributed by atoms with Crippen LogP contribution in [0.5, 0.6) is 0 Å². The maximum atomic E-state index is 14.1. The smallest absolute Gasteiger partial charge is 0.407 e. The maximum absolute atomic E-state index is 14.1. The molecule has 11 nitrogen and oxygen atoms in total. The number of anilines is 2. The minimum absolute atomic E-state index is 0.169. The lowest BCUT2D eigenvalue weighted by Gasteiger charge is -2.46. The Bertz CT molecular complexity index is 1560. The second-order valence-corrected chi connectivity index (χ2v) is 10.9. The second kappa shape index (κ2) is 10.7. The van der Waals surface area contributed by atoms with Crippen LogP contribution in [0.4, 0.5) is 16.7 Å². The zero-order chi connectivity index (χ0) is 28.5. The molecule has 0 spiro atoms. The fraction of sp³-hybridized carbons (Fsp3) is 0.464. The van der Waals surface area contributed by atoms with E-state index < -0.39 is 6.09 Å². The van der Waals surface area contributed by atoms with E-state index >= 15 is 0 Å². The number of imidazole rings is 1. The summed E-state index contributed by atoms with van der Waals surface area (Å²) >= 11 is 0. The molecule has 0 bridgehead atoms. The lowest BCUT2D eigenvalue weighted by atomic mass is 9.84. The van der Waals surface area contributed by atoms with E-state index in [-0.39, 0.29) is 30.1 Å². The Morgan fingerprint density at radius 1 is 1.18 bits per heavy atom. The number of piperazine rings is 1. The molecule has 1 atom stereocenters. The molecule has 0 radical (unpaired) electrons. The Morgan fingerprint density at radius 3 is 2.51 bits per heavy atom. The first-order valence-electron chi connectivity index (χ1n) is 12.8. The van der Waals surface area contributed by atoms with Crippen LogP contribution >= 0.6 is 0 Å². The van der Waals surface area contributed by atoms with Gasteiger partial charge in [-0.15, -0.1) is 5.92 Å². The van der Waals surface area contributed by atoms with Gasteiger partial charge in [0, 0.05) is 33.7 Å². The number of fused-ring (bicyclic) bond motifs is 1. The highest BCUT2D eigenvalue weighted by Crippen LogP contribution is 2.31. The number of nitriles is 1. The van der Waals surface area contributed by atoms with Gasteiger partial charge in [-0.25, -0.2) is 4.79 Å². The van der Waals surface area contributed by atoms with E-state index in [4.69, 9.17) is 9.97 Å². The minimum atomic E-state index is -0.947. The average molecular weight is 531 g/mol. The van der Waals surface area contributed by atoms with Crippen molar-refractivity contribution in [3.8, 4) is 17.9 Å². The van der Waals surface area contributed by atoms with Crippen molar-refractivity contribution in [3.63, 3.8) is 0 Å². The number of carboxylic acid groups (broad SMARTS) is 1. The number of hydrogen-bond donors (Lipinski definition) is 1. The quantitative estimate of drug-likeness (QED) is 0.500. The second-order valence-electron chi connectivity index (χ2n) is 10.9. The Balaban J connectivity index is 1.90. The molecule has 1 saturated heterocycles. The zero-order valence-corrected chi connectivity index (χ0v) is 23.3. The topological polar surface area (TPSA) is 124 Å². The van der Waals surface area contributed by atoms with Crippen molar-refractivity contribution in [1.82, 2.24) is 24.0 Å². The molecule has 1 aromatic carbocycles. The number of carbonyl (C=O) groups is 1. The number of amides is 1. The first-order chi connectivity index (χ1) is 18.5. The zero-order valence-electron chi connectivity index (χ0n) is 23.3. The Morgan fingerprint density at radius 2 is 1.90 bits per heavy atom. The third kappa shape index (κ3) is 5.26. The first-order valence-corrected chi connectivity index (χ1v) is 12.8. The molecule has 39 heavy (non-hydrogen) atoms. The van der Waals surface area contributed by atoms with Gasteiger partial charge in [0.15, 0.2) is 11.2 Å². The molecule has 0 saturated carbocycles. The van der Waals surface area contributed by atoms with E-state index in [1.165, 1.54) is 4.90 Å². The van der Waals surface area contributed by atoms with Crippen LogP contribution in [-0.2, 0) is 13.1 Å². The monoisotopic (exact) mass is 530 g/mol. The van der Waals surface area contributed by atoms with Gasteiger partial charge in [-0.05, 0) is 24.0 Å². The standard InChI is InChI=1S/C28H34N8O3/c1-7-8-13-35-22-23(31-26(35)33-14-15-34(27(38)39)21(18-33)28(2,3)4)30-25(32(5)6)36(24(22)37)17-20-12-10-9-11-19(20)16-29/h9-12,21H,13-15,17-18H2,1-6H3,(H,38,39). The van der Waals surface area contributed by atoms with Crippen LogP contribution in [0.2, 0.25) is 0 Å². The van der Waals surface area contributed by atoms with Crippen LogP contribution in [0.3, 0.4) is 0 Å². The highest BCUT2D eigenvalue weighted by Gasteiger charge is 2.39. The summed E-state index contributed by atoms with van der Waals surface area (Å²) in [6, 6.07) is 9.10. The van der Waals surface area contributed by atoms with Crippen molar-refractivity contribution in [2.45, 2.75) is 46.8 Å². The van der Waals surface area contributed by atoms with Crippen molar-refractivity contribution < 1.29 is 9.90 Å². The SMILES string of the molecule is CC#CCn1c(N2CCN(C(=O)O)C(C(C)(C)C)C2)nc2nc(N(C)C)n(Cc3ccccc3C#N)c(=O)c21. The molecule has 1 amide bonds. The van der Waals surface area contributed by atoms with E-state index in [1.807, 2.05) is 37.8 Å². The highest BCUT2D eigenvalue weighted by molar-refractivity contribution is 5.76. The fourth-order valence-corrected chi connectivity index (χ4v) is 5.00. The van der Waals surface area contributed by atoms with Gasteiger partial charge in [-0.1, -0.05) is 44.9 Å². The average Bonchev–Trinajstić information content (AvgIpc) is 3.26. The van der Waals surface area contributed by atoms with E-state index in [1.54, 1.807) is 47.2 Å². The van der Waals surface area contributed by atoms with Gasteiger partial charge in [-0.2, -0.15) is 15.2 Å². The number of aromatic nitrogens is 4. The first kappa shape index (κ1) is 27.5. The Hall–Kier alpha value is -4.51. The van der Waals surface area contributed by atoms with Crippen molar-refractivity contribution in [3.05, 3.63) is 45.7 Å². The van der Waals surface area contributed by atoms with E-state index in [9.17, 15) is 20.0 Å². The predicted octanol–water partition coefficient (Wildman–Crippen LogP) is 2.82. The number of benzene rings is 1. The van der Waals surface area contributed by atoms with Crippen molar-refractivity contribution in [2.24, 2.45) is 5.41 Å². The summed E-state index contributed by atoms with van der Waals surface area (Å²) in [6.45, 7) is 9.35. The van der Waals surface area contributed by atoms with Gasteiger partial charge in [0.05, 0.1) is 30.8 Å². The van der Waals surface area contributed by atoms with Crippen LogP contribution in [0.25, 0.3) is 11.2 Å². The van der Waals surface area contributed by atoms with Gasteiger partial charge in [0.25, 0.3) is 5.56 Å². The Kier molecular flexibility index (Phi) is 7.55. The third-order valence-corrected chi connectivity index (χ3v) is 7.01. The van der Waals surface area contributed by atoms with Crippen LogP contribution in [0, 0.1) is 28.6 Å². The molecule has 1 unspecified atom stereocenters. The van der Waals surface area contributed by atoms with Gasteiger partial charge in [0.1, 0.15) is 0 Å². The summed E-state index contributed by atoms with van der Waals surface area (Å²) in [5, 5.41) is 19.4. The predicted molar refractivity (Wildman–Crippen MR) is 150 cm³/mol. The minimum Gasteiger partial charge on any atom is -0.465 e. The summed E-state index contributed by atoms with van der Waals surface area (Å²) < 4.78 is 3.34. The largest absolute Gasteiger partial charge is 0.465 e. The molecular weight excluding hydrogens is 496 g/mol. The summed E-state index contributed by atoms with van der Waals surface area (Å²) in [7, 11) is 3.61. The molecule has 0 aliphatic carbocycles. The van der Waals surface area contributed by atoms with E-state index in [2.05, 4.69) is 17.9 Å². The van der Waals surface area contributed by atoms with Crippen LogP contribution < -0.4 is 15.4 Å². The lowest BCUT2D eigenvalue weighted by Crippen LogP contribution is -2.60. The van der Waals surface area contributed by atoms with Crippen LogP contribution in [0.15, 0.2) is 29.1 Å². The summed E-state index contributed by atoms with van der Waals surface area (Å²) in [4.78, 5) is 40.9. The molecule has 4 rings (SSSR count). The molecule has 204 valence electrons. The van der Waals surface area contributed by atoms with Crippen LogP contribution in [0.1, 0.15) is 38.8 Å². The molecule has 3 heterocycles. The molecule has 1 fully saturated rings. The number of nitrogens with zero attached hydrogens (tertiary/aromatic N) is 8. The van der Waals surface area contributed by atoms with E-state index in [0.29, 0.717) is 53.8 Å². The normalized spacial score (nSPS) is 15.6. The molecule has 2 aromatic heterocycles. The van der Waals surface area contributed by atoms with Crippen molar-refractivity contribution in [2.75, 3.05) is 43.5 Å². The maximum Gasteiger partial charge on any atom is 0.407 e. The van der Waals surface area contributed by atoms with Crippen LogP contribution in [-0.4, -0.2) is 75.0 Å². The number of hydrogen-bond acceptors (Lipinski definition) is 7. The van der Waals surface area contributed by atoms with E-state index in [0.717, 1.165) is 0 Å². The van der Waals surface area contributed by atoms with Gasteiger partial charge < -0.3 is 19.8 Å². The highest BCUT2D eigenvalue weighted by atomic mass is 16.4. The third-order valence-electron chi connectivity index (χ3n) is 7.01. The fourth-order valence-electron chi connectivity index (χ4n) is 5.00. The van der Waals surface area contributed by atoms with Gasteiger partial charge in [-0.3, -0.25) is 13.9 Å². The molecule has 1 N–H and O–H groups in total. The molecular formula is C28H34N8O3. The van der Waals surface area contributed by atoms with Crippen molar-refractivity contribution in [1.29, 1.82) is 5.26 Å². The molecule has 1 aliphatic rings. The number of rotatable bonds is 5. The van der Waals surface area contributed by atoms with Gasteiger partial charge in [0.2, 0.25) is 11.9 Å². The summed E-state index contributed by atoms with van der Waals surface area (Å²) in [5.41, 5.74) is 1.22. The van der Waals surface area contributed by atoms with Crippen molar-refractivity contribution >= 4 is 29.2 Å². The lowest BCUT2D eigenvalue weighted by molar-refractivity contribution is 0.0744. The summed E-state index contributed by atoms with van der Waals surface area (Å²) in [5.74, 6) is 6.91. The summed E-state index contributed by atoms with van der Waals surface area (Å²) in [6.07, 6.45) is -0.947.